The van der Waals surface area contributed by atoms with E-state index in [1.807, 2.05) is 36.4 Å². The van der Waals surface area contributed by atoms with Crippen LogP contribution >= 0.6 is 0 Å². The summed E-state index contributed by atoms with van der Waals surface area (Å²) in [6.07, 6.45) is 2.76. The van der Waals surface area contributed by atoms with Gasteiger partial charge in [0.25, 0.3) is 10.0 Å². The van der Waals surface area contributed by atoms with Crippen molar-refractivity contribution in [1.29, 1.82) is 0 Å². The van der Waals surface area contributed by atoms with E-state index in [1.54, 1.807) is 10.4 Å². The van der Waals surface area contributed by atoms with Gasteiger partial charge in [0.05, 0.1) is 10.6 Å². The highest BCUT2D eigenvalue weighted by atomic mass is 32.2. The van der Waals surface area contributed by atoms with Crippen molar-refractivity contribution >= 4 is 21.4 Å². The number of fused-ring (bicyclic) bond motifs is 2. The third-order valence-electron chi connectivity index (χ3n) is 4.45. The molecule has 2 aliphatic heterocycles. The lowest BCUT2D eigenvalue weighted by atomic mass is 10.0. The molecule has 0 fully saturated rings. The fourth-order valence-electron chi connectivity index (χ4n) is 3.30. The normalized spacial score (nSPS) is 16.8. The van der Waals surface area contributed by atoms with Crippen LogP contribution in [0.5, 0.6) is 0 Å². The lowest BCUT2D eigenvalue weighted by Crippen LogP contribution is -2.29. The monoisotopic (exact) mass is 314 g/mol. The maximum Gasteiger partial charge on any atom is 0.264 e. The molecule has 0 atom stereocenters. The topological polar surface area (TPSA) is 49.4 Å². The molecule has 2 aromatic rings. The predicted molar refractivity (Wildman–Crippen MR) is 87.9 cm³/mol. The van der Waals surface area contributed by atoms with Gasteiger partial charge in [-0.25, -0.2) is 8.42 Å². The third-order valence-corrected chi connectivity index (χ3v) is 6.26. The second-order valence-corrected chi connectivity index (χ2v) is 7.67. The van der Waals surface area contributed by atoms with E-state index in [0.29, 0.717) is 11.4 Å². The molecule has 0 bridgehead atoms. The van der Waals surface area contributed by atoms with E-state index in [0.717, 1.165) is 48.3 Å². The summed E-state index contributed by atoms with van der Waals surface area (Å²) in [5.74, 6) is 0. The molecule has 0 aliphatic carbocycles. The molecule has 22 heavy (non-hydrogen) atoms. The number of sulfonamides is 1. The van der Waals surface area contributed by atoms with Gasteiger partial charge >= 0.3 is 0 Å². The van der Waals surface area contributed by atoms with E-state index in [-0.39, 0.29) is 0 Å². The number of anilines is 2. The van der Waals surface area contributed by atoms with Gasteiger partial charge < -0.3 is 5.32 Å². The lowest BCUT2D eigenvalue weighted by Gasteiger charge is -2.22. The van der Waals surface area contributed by atoms with Gasteiger partial charge in [-0.15, -0.1) is 0 Å². The summed E-state index contributed by atoms with van der Waals surface area (Å²) in [6.45, 7) is 1.48. The van der Waals surface area contributed by atoms with Gasteiger partial charge in [0.2, 0.25) is 0 Å². The fourth-order valence-corrected chi connectivity index (χ4v) is 4.85. The van der Waals surface area contributed by atoms with Crippen molar-refractivity contribution < 1.29 is 8.42 Å². The molecule has 0 saturated heterocycles. The van der Waals surface area contributed by atoms with Crippen LogP contribution in [0, 0.1) is 0 Å². The summed E-state index contributed by atoms with van der Waals surface area (Å²) in [4.78, 5) is 0.395. The van der Waals surface area contributed by atoms with E-state index in [2.05, 4.69) is 5.32 Å². The van der Waals surface area contributed by atoms with Gasteiger partial charge in [0, 0.05) is 18.8 Å². The maximum atomic E-state index is 13.0. The van der Waals surface area contributed by atoms with Gasteiger partial charge in [-0.3, -0.25) is 4.31 Å². The molecule has 0 aromatic heterocycles. The second kappa shape index (κ2) is 5.02. The van der Waals surface area contributed by atoms with E-state index in [4.69, 9.17) is 0 Å². The van der Waals surface area contributed by atoms with E-state index < -0.39 is 10.0 Å². The summed E-state index contributed by atoms with van der Waals surface area (Å²) < 4.78 is 27.5. The van der Waals surface area contributed by atoms with Crippen LogP contribution in [0.3, 0.4) is 0 Å². The number of nitrogens with zero attached hydrogens (tertiary/aromatic N) is 1. The zero-order chi connectivity index (χ0) is 15.2. The third kappa shape index (κ3) is 2.08. The zero-order valence-corrected chi connectivity index (χ0v) is 13.1. The number of benzene rings is 2. The largest absolute Gasteiger partial charge is 0.385 e. The van der Waals surface area contributed by atoms with E-state index >= 15 is 0 Å². The molecule has 1 N–H and O–H groups in total. The Morgan fingerprint density at radius 2 is 1.86 bits per heavy atom. The Labute approximate surface area is 130 Å². The summed E-state index contributed by atoms with van der Waals surface area (Å²) >= 11 is 0. The van der Waals surface area contributed by atoms with Crippen molar-refractivity contribution in [1.82, 2.24) is 0 Å². The minimum atomic E-state index is -3.48. The minimum Gasteiger partial charge on any atom is -0.385 e. The van der Waals surface area contributed by atoms with Crippen LogP contribution in [-0.4, -0.2) is 21.5 Å². The molecule has 0 radical (unpaired) electrons. The summed E-state index contributed by atoms with van der Waals surface area (Å²) in [5.41, 5.74) is 4.08. The Morgan fingerprint density at radius 3 is 2.77 bits per heavy atom. The molecular weight excluding hydrogens is 296 g/mol. The molecule has 0 spiro atoms. The first-order valence-corrected chi connectivity index (χ1v) is 9.08. The predicted octanol–water partition coefficient (Wildman–Crippen LogP) is 2.80. The minimum absolute atomic E-state index is 0.395. The van der Waals surface area contributed by atoms with Crippen LogP contribution in [0.15, 0.2) is 47.4 Å². The Hall–Kier alpha value is -2.01. The van der Waals surface area contributed by atoms with Crippen LogP contribution in [-0.2, 0) is 22.9 Å². The Kier molecular flexibility index (Phi) is 3.11. The number of rotatable bonds is 2. The first kappa shape index (κ1) is 13.6. The Bertz CT molecular complexity index is 830. The number of para-hydroxylation sites is 1. The Balaban J connectivity index is 1.76. The molecule has 2 aliphatic rings. The maximum absolute atomic E-state index is 13.0. The molecule has 4 rings (SSSR count). The van der Waals surface area contributed by atoms with Gasteiger partial charge in [0.1, 0.15) is 0 Å². The second-order valence-electron chi connectivity index (χ2n) is 5.81. The van der Waals surface area contributed by atoms with Crippen LogP contribution in [0.25, 0.3) is 0 Å². The highest BCUT2D eigenvalue weighted by molar-refractivity contribution is 7.92. The molecule has 5 heteroatoms. The van der Waals surface area contributed by atoms with Gasteiger partial charge in [-0.05, 0) is 54.7 Å². The quantitative estimate of drug-likeness (QED) is 0.927. The molecule has 4 nitrogen and oxygen atoms in total. The average molecular weight is 314 g/mol. The van der Waals surface area contributed by atoms with Crippen molar-refractivity contribution in [3.8, 4) is 0 Å². The van der Waals surface area contributed by atoms with Gasteiger partial charge in [0.15, 0.2) is 0 Å². The van der Waals surface area contributed by atoms with E-state index in [9.17, 15) is 8.42 Å². The molecule has 2 heterocycles. The number of hydrogen-bond acceptors (Lipinski definition) is 3. The van der Waals surface area contributed by atoms with Crippen molar-refractivity contribution in [3.63, 3.8) is 0 Å². The van der Waals surface area contributed by atoms with Crippen molar-refractivity contribution in [2.24, 2.45) is 0 Å². The smallest absolute Gasteiger partial charge is 0.264 e. The fraction of sp³-hybridized carbons (Fsp3) is 0.294. The summed E-state index contributed by atoms with van der Waals surface area (Å²) in [6, 6.07) is 13.2. The van der Waals surface area contributed by atoms with Crippen molar-refractivity contribution in [3.05, 3.63) is 53.6 Å². The van der Waals surface area contributed by atoms with Gasteiger partial charge in [-0.1, -0.05) is 18.2 Å². The first-order valence-electron chi connectivity index (χ1n) is 7.64. The first-order chi connectivity index (χ1) is 10.7. The highest BCUT2D eigenvalue weighted by Crippen LogP contribution is 2.34. The van der Waals surface area contributed by atoms with E-state index in [1.165, 1.54) is 0 Å². The SMILES string of the molecule is O=S(=O)(c1ccc2c(c1)CCCN2)N1CCc2ccccc21. The molecule has 0 saturated carbocycles. The number of hydrogen-bond donors (Lipinski definition) is 1. The van der Waals surface area contributed by atoms with Crippen LogP contribution in [0.1, 0.15) is 17.5 Å². The standard InChI is InChI=1S/C17H18N2O2S/c20-22(21,19-11-9-13-4-1-2-6-17(13)19)15-7-8-16-14(12-15)5-3-10-18-16/h1-2,4,6-8,12,18H,3,5,9-11H2. The Morgan fingerprint density at radius 1 is 1.00 bits per heavy atom. The van der Waals surface area contributed by atoms with Crippen molar-refractivity contribution in [2.45, 2.75) is 24.2 Å². The van der Waals surface area contributed by atoms with Crippen LogP contribution in [0.4, 0.5) is 11.4 Å². The molecular formula is C17H18N2O2S. The molecule has 0 unspecified atom stereocenters. The van der Waals surface area contributed by atoms with Gasteiger partial charge in [-0.2, -0.15) is 0 Å². The van der Waals surface area contributed by atoms with Crippen molar-refractivity contribution in [2.75, 3.05) is 22.7 Å². The number of nitrogens with one attached hydrogen (secondary N) is 1. The summed E-state index contributed by atoms with van der Waals surface area (Å²) in [7, 11) is -3.48. The van der Waals surface area contributed by atoms with Crippen LogP contribution < -0.4 is 9.62 Å². The van der Waals surface area contributed by atoms with Crippen LogP contribution in [0.2, 0.25) is 0 Å². The zero-order valence-electron chi connectivity index (χ0n) is 12.2. The molecule has 114 valence electrons. The number of aryl methyl sites for hydroxylation is 1. The average Bonchev–Trinajstić information content (AvgIpc) is 2.99. The molecule has 0 amide bonds. The molecule has 2 aromatic carbocycles. The highest BCUT2D eigenvalue weighted by Gasteiger charge is 2.31. The summed E-state index contributed by atoms with van der Waals surface area (Å²) in [5, 5.41) is 3.32. The lowest BCUT2D eigenvalue weighted by molar-refractivity contribution is 0.592.